The third-order valence-corrected chi connectivity index (χ3v) is 5.44. The first-order chi connectivity index (χ1) is 11.6. The van der Waals surface area contributed by atoms with Crippen LogP contribution < -0.4 is 5.32 Å². The van der Waals surface area contributed by atoms with Crippen LogP contribution in [0.25, 0.3) is 11.3 Å². The van der Waals surface area contributed by atoms with E-state index in [9.17, 15) is 0 Å². The highest BCUT2D eigenvalue weighted by atomic mass is 35.5. The molecule has 0 fully saturated rings. The molecule has 0 aliphatic heterocycles. The van der Waals surface area contributed by atoms with Crippen LogP contribution in [0.2, 0.25) is 10.0 Å². The average Bonchev–Trinajstić information content (AvgIpc) is 2.95. The van der Waals surface area contributed by atoms with E-state index < -0.39 is 0 Å². The molecule has 0 spiro atoms. The van der Waals surface area contributed by atoms with E-state index >= 15 is 0 Å². The predicted molar refractivity (Wildman–Crippen MR) is 106 cm³/mol. The lowest BCUT2D eigenvalue weighted by atomic mass is 10.1. The third-order valence-electron chi connectivity index (χ3n) is 3.67. The van der Waals surface area contributed by atoms with Crippen molar-refractivity contribution in [3.8, 4) is 11.3 Å². The lowest BCUT2D eigenvalue weighted by Gasteiger charge is -2.03. The van der Waals surface area contributed by atoms with Crippen LogP contribution in [0.4, 0.5) is 10.8 Å². The number of halogens is 2. The molecule has 1 N–H and O–H groups in total. The summed E-state index contributed by atoms with van der Waals surface area (Å²) in [7, 11) is 0. The Hall–Kier alpha value is -1.55. The molecule has 0 aliphatic carbocycles. The second kappa shape index (κ2) is 7.56. The Kier molecular flexibility index (Phi) is 5.44. The molecule has 3 aromatic rings. The highest BCUT2D eigenvalue weighted by Crippen LogP contribution is 2.36. The molecule has 124 valence electrons. The van der Waals surface area contributed by atoms with Crippen molar-refractivity contribution in [2.75, 3.05) is 5.32 Å². The summed E-state index contributed by atoms with van der Waals surface area (Å²) in [5.74, 6) is 0. The smallest absolute Gasteiger partial charge is 0.187 e. The molecular weight excluding hydrogens is 359 g/mol. The van der Waals surface area contributed by atoms with Gasteiger partial charge in [0.05, 0.1) is 15.7 Å². The number of aryl methyl sites for hydroxylation is 2. The van der Waals surface area contributed by atoms with E-state index in [0.29, 0.717) is 10.0 Å². The Morgan fingerprint density at radius 3 is 2.46 bits per heavy atom. The largest absolute Gasteiger partial charge is 0.332 e. The van der Waals surface area contributed by atoms with Crippen molar-refractivity contribution in [2.24, 2.45) is 0 Å². The molecule has 0 aliphatic rings. The van der Waals surface area contributed by atoms with Crippen LogP contribution in [0.5, 0.6) is 0 Å². The minimum atomic E-state index is 0.553. The van der Waals surface area contributed by atoms with Gasteiger partial charge in [0.2, 0.25) is 0 Å². The minimum absolute atomic E-state index is 0.553. The number of anilines is 2. The molecule has 3 rings (SSSR count). The monoisotopic (exact) mass is 376 g/mol. The quantitative estimate of drug-likeness (QED) is 0.512. The van der Waals surface area contributed by atoms with Gasteiger partial charge in [-0.15, -0.1) is 11.3 Å². The fourth-order valence-corrected chi connectivity index (χ4v) is 3.83. The minimum Gasteiger partial charge on any atom is -0.332 e. The summed E-state index contributed by atoms with van der Waals surface area (Å²) < 4.78 is 0. The van der Waals surface area contributed by atoms with Gasteiger partial charge in [0, 0.05) is 16.1 Å². The zero-order chi connectivity index (χ0) is 17.1. The molecule has 0 unspecified atom stereocenters. The maximum Gasteiger partial charge on any atom is 0.187 e. The number of nitrogens with one attached hydrogen (secondary N) is 1. The van der Waals surface area contributed by atoms with Crippen molar-refractivity contribution in [1.82, 2.24) is 4.98 Å². The molecule has 24 heavy (non-hydrogen) atoms. The van der Waals surface area contributed by atoms with Crippen molar-refractivity contribution < 1.29 is 0 Å². The van der Waals surface area contributed by atoms with Crippen LogP contribution in [-0.2, 0) is 6.42 Å². The van der Waals surface area contributed by atoms with Gasteiger partial charge in [-0.05, 0) is 37.6 Å². The Balaban J connectivity index is 1.94. The summed E-state index contributed by atoms with van der Waals surface area (Å²) >= 11 is 13.9. The Bertz CT molecular complexity index is 841. The second-order valence-electron chi connectivity index (χ2n) is 5.66. The molecule has 0 radical (unpaired) electrons. The Morgan fingerprint density at radius 2 is 1.79 bits per heavy atom. The highest BCUT2D eigenvalue weighted by molar-refractivity contribution is 7.16. The van der Waals surface area contributed by atoms with Gasteiger partial charge in [-0.25, -0.2) is 4.98 Å². The van der Waals surface area contributed by atoms with Crippen molar-refractivity contribution >= 4 is 45.4 Å². The third kappa shape index (κ3) is 3.92. The van der Waals surface area contributed by atoms with Gasteiger partial charge in [0.25, 0.3) is 0 Å². The van der Waals surface area contributed by atoms with Gasteiger partial charge in [-0.1, -0.05) is 60.3 Å². The van der Waals surface area contributed by atoms with Crippen molar-refractivity contribution in [2.45, 2.75) is 26.7 Å². The van der Waals surface area contributed by atoms with Gasteiger partial charge in [-0.3, -0.25) is 0 Å². The molecular formula is C19H18Cl2N2S. The van der Waals surface area contributed by atoms with Crippen LogP contribution in [0, 0.1) is 6.92 Å². The topological polar surface area (TPSA) is 24.9 Å². The zero-order valence-electron chi connectivity index (χ0n) is 13.6. The Labute approximate surface area is 156 Å². The van der Waals surface area contributed by atoms with Crippen LogP contribution in [-0.4, -0.2) is 4.98 Å². The molecule has 0 atom stereocenters. The molecule has 0 amide bonds. The fourth-order valence-electron chi connectivity index (χ4n) is 2.43. The van der Waals surface area contributed by atoms with Crippen molar-refractivity contribution in [1.29, 1.82) is 0 Å². The predicted octanol–water partition coefficient (Wildman–Crippen LogP) is 7.12. The molecule has 2 aromatic carbocycles. The number of hydrogen-bond acceptors (Lipinski definition) is 3. The first kappa shape index (κ1) is 17.3. The molecule has 1 heterocycles. The molecule has 0 bridgehead atoms. The van der Waals surface area contributed by atoms with Crippen LogP contribution in [0.1, 0.15) is 23.8 Å². The summed E-state index contributed by atoms with van der Waals surface area (Å²) in [4.78, 5) is 6.05. The number of thiazole rings is 1. The zero-order valence-corrected chi connectivity index (χ0v) is 15.9. The second-order valence-corrected chi connectivity index (χ2v) is 7.56. The van der Waals surface area contributed by atoms with E-state index in [0.717, 1.165) is 34.9 Å². The van der Waals surface area contributed by atoms with Crippen LogP contribution >= 0.6 is 34.5 Å². The van der Waals surface area contributed by atoms with Crippen LogP contribution in [0.3, 0.4) is 0 Å². The van der Waals surface area contributed by atoms with E-state index in [1.165, 1.54) is 10.4 Å². The van der Waals surface area contributed by atoms with Gasteiger partial charge in [-0.2, -0.15) is 0 Å². The van der Waals surface area contributed by atoms with Gasteiger partial charge < -0.3 is 5.32 Å². The molecule has 0 saturated heterocycles. The van der Waals surface area contributed by atoms with Gasteiger partial charge in [0.15, 0.2) is 5.13 Å². The summed E-state index contributed by atoms with van der Waals surface area (Å²) in [6, 6.07) is 14.0. The normalized spacial score (nSPS) is 10.8. The lowest BCUT2D eigenvalue weighted by molar-refractivity contribution is 0.938. The maximum absolute atomic E-state index is 6.17. The lowest BCUT2D eigenvalue weighted by Crippen LogP contribution is -1.90. The van der Waals surface area contributed by atoms with E-state index in [1.54, 1.807) is 11.3 Å². The van der Waals surface area contributed by atoms with Crippen LogP contribution in [0.15, 0.2) is 42.5 Å². The van der Waals surface area contributed by atoms with E-state index in [2.05, 4.69) is 43.4 Å². The number of benzene rings is 2. The Morgan fingerprint density at radius 1 is 1.04 bits per heavy atom. The summed E-state index contributed by atoms with van der Waals surface area (Å²) in [6.07, 6.45) is 2.06. The molecule has 0 saturated carbocycles. The first-order valence-electron chi connectivity index (χ1n) is 7.85. The van der Waals surface area contributed by atoms with E-state index in [4.69, 9.17) is 28.2 Å². The summed E-state index contributed by atoms with van der Waals surface area (Å²) in [5.41, 5.74) is 4.26. The van der Waals surface area contributed by atoms with Gasteiger partial charge in [0.1, 0.15) is 0 Å². The van der Waals surface area contributed by atoms with E-state index in [1.807, 2.05) is 18.2 Å². The van der Waals surface area contributed by atoms with Gasteiger partial charge >= 0.3 is 0 Å². The number of hydrogen-bond donors (Lipinski definition) is 1. The molecule has 2 nitrogen and oxygen atoms in total. The van der Waals surface area contributed by atoms with E-state index in [-0.39, 0.29) is 0 Å². The summed E-state index contributed by atoms with van der Waals surface area (Å²) in [6.45, 7) is 4.25. The standard InChI is InChI=1S/C19H18Cl2N2S/c1-3-4-17-18(13-7-10-15(20)16(21)11-13)23-19(24-17)22-14-8-5-12(2)6-9-14/h5-11H,3-4H2,1-2H3,(H,22,23). The average molecular weight is 377 g/mol. The summed E-state index contributed by atoms with van der Waals surface area (Å²) in [5, 5.41) is 5.40. The number of aromatic nitrogens is 1. The maximum atomic E-state index is 6.17. The van der Waals surface area contributed by atoms with Crippen molar-refractivity contribution in [3.05, 3.63) is 63.0 Å². The number of rotatable bonds is 5. The highest BCUT2D eigenvalue weighted by Gasteiger charge is 2.14. The first-order valence-corrected chi connectivity index (χ1v) is 9.43. The number of nitrogens with zero attached hydrogens (tertiary/aromatic N) is 1. The molecule has 1 aromatic heterocycles. The fraction of sp³-hybridized carbons (Fsp3) is 0.211. The SMILES string of the molecule is CCCc1sc(Nc2ccc(C)cc2)nc1-c1ccc(Cl)c(Cl)c1. The molecule has 5 heteroatoms. The van der Waals surface area contributed by atoms with Crippen molar-refractivity contribution in [3.63, 3.8) is 0 Å².